The minimum Gasteiger partial charge on any atom is -0.444 e. The molecule has 0 spiro atoms. The lowest BCUT2D eigenvalue weighted by molar-refractivity contribution is 0.147. The Balaban J connectivity index is 2.01. The third-order valence-electron chi connectivity index (χ3n) is 2.47. The molecule has 0 aliphatic rings. The van der Waals surface area contributed by atoms with Crippen molar-refractivity contribution in [3.63, 3.8) is 0 Å². The number of rotatable bonds is 8. The molecule has 0 atom stereocenters. The predicted molar refractivity (Wildman–Crippen MR) is 76.4 cm³/mol. The van der Waals surface area contributed by atoms with E-state index in [-0.39, 0.29) is 6.09 Å². The molecule has 0 radical (unpaired) electrons. The van der Waals surface area contributed by atoms with Gasteiger partial charge in [-0.2, -0.15) is 0 Å². The van der Waals surface area contributed by atoms with Gasteiger partial charge in [-0.1, -0.05) is 56.5 Å². The van der Waals surface area contributed by atoms with Crippen LogP contribution in [0.2, 0.25) is 0 Å². The van der Waals surface area contributed by atoms with Gasteiger partial charge < -0.3 is 4.74 Å². The number of ether oxygens (including phenoxy) is 1. The lowest BCUT2D eigenvalue weighted by Gasteiger charge is -2.06. The van der Waals surface area contributed by atoms with Gasteiger partial charge in [0, 0.05) is 5.75 Å². The quantitative estimate of drug-likeness (QED) is 0.568. The molecule has 4 heteroatoms. The topological polar surface area (TPSA) is 38.3 Å². The summed E-state index contributed by atoms with van der Waals surface area (Å²) >= 11 is 1.42. The van der Waals surface area contributed by atoms with Crippen molar-refractivity contribution in [3.05, 3.63) is 35.9 Å². The second-order valence-electron chi connectivity index (χ2n) is 4.07. The van der Waals surface area contributed by atoms with E-state index < -0.39 is 0 Å². The fraction of sp³-hybridized carbons (Fsp3) is 0.500. The Morgan fingerprint density at radius 2 is 2.00 bits per heavy atom. The monoisotopic (exact) mass is 267 g/mol. The third-order valence-corrected chi connectivity index (χ3v) is 3.27. The van der Waals surface area contributed by atoms with Crippen molar-refractivity contribution in [1.82, 2.24) is 4.72 Å². The van der Waals surface area contributed by atoms with Crippen LogP contribution >= 0.6 is 11.9 Å². The number of hydrogen-bond acceptors (Lipinski definition) is 3. The highest BCUT2D eigenvalue weighted by Gasteiger charge is 2.01. The van der Waals surface area contributed by atoms with Crippen molar-refractivity contribution >= 4 is 18.0 Å². The summed E-state index contributed by atoms with van der Waals surface area (Å²) in [5.41, 5.74) is 1.00. The Kier molecular flexibility index (Phi) is 8.13. The number of carbonyl (C=O) groups is 1. The summed E-state index contributed by atoms with van der Waals surface area (Å²) < 4.78 is 7.77. The molecule has 1 aromatic carbocycles. The highest BCUT2D eigenvalue weighted by molar-refractivity contribution is 7.97. The van der Waals surface area contributed by atoms with Crippen LogP contribution in [0.25, 0.3) is 0 Å². The van der Waals surface area contributed by atoms with Crippen molar-refractivity contribution < 1.29 is 9.53 Å². The van der Waals surface area contributed by atoms with Crippen LogP contribution in [-0.2, 0) is 11.3 Å². The van der Waals surface area contributed by atoms with Crippen LogP contribution in [0.3, 0.4) is 0 Å². The van der Waals surface area contributed by atoms with E-state index in [0.29, 0.717) is 6.61 Å². The first-order chi connectivity index (χ1) is 8.83. The zero-order valence-electron chi connectivity index (χ0n) is 10.9. The molecule has 0 aliphatic carbocycles. The summed E-state index contributed by atoms with van der Waals surface area (Å²) in [6.07, 6.45) is 4.50. The molecule has 0 aromatic heterocycles. The molecule has 0 aliphatic heterocycles. The number of nitrogens with one attached hydrogen (secondary N) is 1. The van der Waals surface area contributed by atoms with Crippen LogP contribution in [0.5, 0.6) is 0 Å². The van der Waals surface area contributed by atoms with E-state index in [1.807, 2.05) is 30.3 Å². The largest absolute Gasteiger partial charge is 0.444 e. The normalized spacial score (nSPS) is 10.1. The smallest absolute Gasteiger partial charge is 0.417 e. The maximum Gasteiger partial charge on any atom is 0.417 e. The van der Waals surface area contributed by atoms with Crippen molar-refractivity contribution in [3.8, 4) is 0 Å². The van der Waals surface area contributed by atoms with Crippen molar-refractivity contribution in [1.29, 1.82) is 0 Å². The van der Waals surface area contributed by atoms with Crippen LogP contribution in [-0.4, -0.2) is 11.8 Å². The first kappa shape index (κ1) is 14.9. The Hall–Kier alpha value is -1.16. The fourth-order valence-electron chi connectivity index (χ4n) is 1.46. The average molecular weight is 267 g/mol. The second kappa shape index (κ2) is 9.83. The Morgan fingerprint density at radius 3 is 2.72 bits per heavy atom. The lowest BCUT2D eigenvalue weighted by atomic mass is 10.2. The molecule has 18 heavy (non-hydrogen) atoms. The molecular weight excluding hydrogens is 246 g/mol. The summed E-state index contributed by atoms with van der Waals surface area (Å²) in [5.74, 6) is 0.945. The van der Waals surface area contributed by atoms with E-state index in [9.17, 15) is 4.79 Å². The van der Waals surface area contributed by atoms with Crippen molar-refractivity contribution in [2.45, 2.75) is 39.2 Å². The van der Waals surface area contributed by atoms with Crippen LogP contribution in [0, 0.1) is 0 Å². The van der Waals surface area contributed by atoms with Gasteiger partial charge >= 0.3 is 6.09 Å². The fourth-order valence-corrected chi connectivity index (χ4v) is 2.09. The SMILES string of the molecule is CCCCCCSNC(=O)OCc1ccccc1. The molecule has 1 aromatic rings. The van der Waals surface area contributed by atoms with Crippen LogP contribution in [0.4, 0.5) is 4.79 Å². The average Bonchev–Trinajstić information content (AvgIpc) is 2.41. The zero-order chi connectivity index (χ0) is 13.1. The van der Waals surface area contributed by atoms with E-state index in [4.69, 9.17) is 4.74 Å². The molecule has 0 heterocycles. The van der Waals surface area contributed by atoms with Gasteiger partial charge in [0.25, 0.3) is 0 Å². The summed E-state index contributed by atoms with van der Waals surface area (Å²) in [6.45, 7) is 2.51. The van der Waals surface area contributed by atoms with Crippen LogP contribution in [0.15, 0.2) is 30.3 Å². The standard InChI is InChI=1S/C14H21NO2S/c1-2-3-4-8-11-18-15-14(16)17-12-13-9-6-5-7-10-13/h5-7,9-10H,2-4,8,11-12H2,1H3,(H,15,16). The maximum absolute atomic E-state index is 11.4. The molecule has 0 unspecified atom stereocenters. The minimum atomic E-state index is -0.362. The van der Waals surface area contributed by atoms with Gasteiger partial charge in [-0.25, -0.2) is 4.79 Å². The molecule has 3 nitrogen and oxygen atoms in total. The Bertz CT molecular complexity index is 330. The molecule has 1 rings (SSSR count). The van der Waals surface area contributed by atoms with Gasteiger partial charge in [0.15, 0.2) is 0 Å². The summed E-state index contributed by atoms with van der Waals surface area (Å²) in [5, 5.41) is 0. The Morgan fingerprint density at radius 1 is 1.22 bits per heavy atom. The molecule has 0 fully saturated rings. The molecule has 0 bridgehead atoms. The Labute approximate surface area is 113 Å². The number of benzene rings is 1. The zero-order valence-corrected chi connectivity index (χ0v) is 11.7. The first-order valence-corrected chi connectivity index (χ1v) is 7.40. The van der Waals surface area contributed by atoms with Crippen LogP contribution in [0.1, 0.15) is 38.2 Å². The van der Waals surface area contributed by atoms with Crippen LogP contribution < -0.4 is 4.72 Å². The summed E-state index contributed by atoms with van der Waals surface area (Å²) in [6, 6.07) is 9.67. The lowest BCUT2D eigenvalue weighted by Crippen LogP contribution is -2.17. The summed E-state index contributed by atoms with van der Waals surface area (Å²) in [7, 11) is 0. The van der Waals surface area contributed by atoms with Gasteiger partial charge in [0.2, 0.25) is 0 Å². The number of hydrogen-bond donors (Lipinski definition) is 1. The van der Waals surface area contributed by atoms with E-state index >= 15 is 0 Å². The molecule has 1 N–H and O–H groups in total. The van der Waals surface area contributed by atoms with E-state index in [2.05, 4.69) is 11.6 Å². The molecular formula is C14H21NO2S. The highest BCUT2D eigenvalue weighted by atomic mass is 32.2. The second-order valence-corrected chi connectivity index (χ2v) is 4.97. The van der Waals surface area contributed by atoms with Gasteiger partial charge in [-0.05, 0) is 23.9 Å². The maximum atomic E-state index is 11.4. The van der Waals surface area contributed by atoms with E-state index in [0.717, 1.165) is 17.7 Å². The molecule has 1 amide bonds. The summed E-state index contributed by atoms with van der Waals surface area (Å²) in [4.78, 5) is 11.4. The molecule has 0 saturated carbocycles. The van der Waals surface area contributed by atoms with Gasteiger partial charge in [-0.3, -0.25) is 4.72 Å². The van der Waals surface area contributed by atoms with Crippen molar-refractivity contribution in [2.24, 2.45) is 0 Å². The number of unbranched alkanes of at least 4 members (excludes halogenated alkanes) is 3. The van der Waals surface area contributed by atoms with E-state index in [1.54, 1.807) is 0 Å². The predicted octanol–water partition coefficient (Wildman–Crippen LogP) is 4.14. The number of amides is 1. The molecule has 100 valence electrons. The van der Waals surface area contributed by atoms with E-state index in [1.165, 1.54) is 31.2 Å². The minimum absolute atomic E-state index is 0.322. The molecule has 0 saturated heterocycles. The number of carbonyl (C=O) groups excluding carboxylic acids is 1. The van der Waals surface area contributed by atoms with Crippen molar-refractivity contribution in [2.75, 3.05) is 5.75 Å². The van der Waals surface area contributed by atoms with Gasteiger partial charge in [-0.15, -0.1) is 0 Å². The highest BCUT2D eigenvalue weighted by Crippen LogP contribution is 2.05. The first-order valence-electron chi connectivity index (χ1n) is 6.41. The van der Waals surface area contributed by atoms with Gasteiger partial charge in [0.05, 0.1) is 0 Å². The van der Waals surface area contributed by atoms with Gasteiger partial charge in [0.1, 0.15) is 6.61 Å². The third kappa shape index (κ3) is 7.22.